The molecule has 6 heteroatoms. The van der Waals surface area contributed by atoms with Gasteiger partial charge in [-0.05, 0) is 24.9 Å². The Labute approximate surface area is 123 Å². The van der Waals surface area contributed by atoms with E-state index in [1.165, 1.54) is 18.4 Å². The van der Waals surface area contributed by atoms with Crippen LogP contribution in [0.3, 0.4) is 0 Å². The van der Waals surface area contributed by atoms with E-state index in [0.29, 0.717) is 6.42 Å². The normalized spacial score (nSPS) is 13.6. The Balaban J connectivity index is 2.60. The number of methoxy groups -OCH3 is 1. The van der Waals surface area contributed by atoms with Crippen LogP contribution in [0.5, 0.6) is 0 Å². The number of amides is 1. The molecule has 0 fully saturated rings. The van der Waals surface area contributed by atoms with Crippen molar-refractivity contribution in [1.29, 1.82) is 0 Å². The monoisotopic (exact) mass is 298 g/mol. The largest absolute Gasteiger partial charge is 0.469 e. The zero-order chi connectivity index (χ0) is 15.0. The van der Waals surface area contributed by atoms with Gasteiger partial charge >= 0.3 is 5.97 Å². The van der Waals surface area contributed by atoms with Gasteiger partial charge in [0.2, 0.25) is 5.91 Å². The first-order valence-electron chi connectivity index (χ1n) is 6.69. The summed E-state index contributed by atoms with van der Waals surface area (Å²) in [6.45, 7) is 4.79. The average Bonchev–Trinajstić information content (AvgIpc) is 2.91. The second kappa shape index (κ2) is 8.71. The van der Waals surface area contributed by atoms with E-state index in [2.05, 4.69) is 15.4 Å². The molecule has 0 radical (unpaired) electrons. The van der Waals surface area contributed by atoms with Crippen molar-refractivity contribution in [1.82, 2.24) is 10.6 Å². The fourth-order valence-electron chi connectivity index (χ4n) is 1.91. The van der Waals surface area contributed by atoms with Gasteiger partial charge in [0.05, 0.1) is 19.6 Å². The molecule has 2 atom stereocenters. The molecule has 1 amide bonds. The van der Waals surface area contributed by atoms with Crippen molar-refractivity contribution in [2.45, 2.75) is 38.8 Å². The van der Waals surface area contributed by atoms with Crippen molar-refractivity contribution in [3.8, 4) is 0 Å². The summed E-state index contributed by atoms with van der Waals surface area (Å²) in [5.74, 6) is -0.399. The fraction of sp³-hybridized carbons (Fsp3) is 0.571. The predicted molar refractivity (Wildman–Crippen MR) is 79.6 cm³/mol. The SMILES string of the molecule is CCNC(C)CC(=O)NC(CC(=O)OC)c1cccs1. The lowest BCUT2D eigenvalue weighted by molar-refractivity contribution is -0.141. The predicted octanol–water partition coefficient (Wildman–Crippen LogP) is 1.86. The summed E-state index contributed by atoms with van der Waals surface area (Å²) in [5.41, 5.74) is 0. The first kappa shape index (κ1) is 16.7. The highest BCUT2D eigenvalue weighted by atomic mass is 32.1. The first-order chi connectivity index (χ1) is 9.56. The van der Waals surface area contributed by atoms with Gasteiger partial charge in [0.1, 0.15) is 0 Å². The minimum atomic E-state index is -0.330. The van der Waals surface area contributed by atoms with Gasteiger partial charge in [-0.3, -0.25) is 9.59 Å². The molecule has 2 N–H and O–H groups in total. The maximum Gasteiger partial charge on any atom is 0.307 e. The van der Waals surface area contributed by atoms with Gasteiger partial charge < -0.3 is 15.4 Å². The van der Waals surface area contributed by atoms with Crippen LogP contribution in [0.15, 0.2) is 17.5 Å². The summed E-state index contributed by atoms with van der Waals surface area (Å²) in [4.78, 5) is 24.4. The van der Waals surface area contributed by atoms with Crippen LogP contribution in [0.2, 0.25) is 0 Å². The number of rotatable bonds is 8. The molecule has 0 saturated carbocycles. The van der Waals surface area contributed by atoms with Crippen molar-refractivity contribution in [3.05, 3.63) is 22.4 Å². The number of ether oxygens (including phenoxy) is 1. The summed E-state index contributed by atoms with van der Waals surface area (Å²) in [7, 11) is 1.35. The third-order valence-electron chi connectivity index (χ3n) is 2.86. The van der Waals surface area contributed by atoms with Gasteiger partial charge in [0.25, 0.3) is 0 Å². The number of hydrogen-bond acceptors (Lipinski definition) is 5. The molecule has 112 valence electrons. The van der Waals surface area contributed by atoms with Crippen LogP contribution in [-0.2, 0) is 14.3 Å². The second-order valence-electron chi connectivity index (χ2n) is 4.58. The summed E-state index contributed by atoms with van der Waals surface area (Å²) < 4.78 is 4.68. The van der Waals surface area contributed by atoms with Crippen molar-refractivity contribution < 1.29 is 14.3 Å². The van der Waals surface area contributed by atoms with Crippen LogP contribution in [0.25, 0.3) is 0 Å². The number of thiophene rings is 1. The zero-order valence-electron chi connectivity index (χ0n) is 12.1. The van der Waals surface area contributed by atoms with E-state index >= 15 is 0 Å². The molecule has 5 nitrogen and oxygen atoms in total. The molecule has 1 aromatic heterocycles. The van der Waals surface area contributed by atoms with E-state index in [0.717, 1.165) is 11.4 Å². The van der Waals surface area contributed by atoms with Gasteiger partial charge in [-0.15, -0.1) is 11.3 Å². The lowest BCUT2D eigenvalue weighted by atomic mass is 10.1. The minimum Gasteiger partial charge on any atom is -0.469 e. The molecule has 0 saturated heterocycles. The highest BCUT2D eigenvalue weighted by Gasteiger charge is 2.20. The van der Waals surface area contributed by atoms with Gasteiger partial charge in [-0.25, -0.2) is 0 Å². The van der Waals surface area contributed by atoms with Gasteiger partial charge in [0.15, 0.2) is 0 Å². The Kier molecular flexibility index (Phi) is 7.25. The third-order valence-corrected chi connectivity index (χ3v) is 3.85. The fourth-order valence-corrected chi connectivity index (χ4v) is 2.69. The number of carbonyl (C=O) groups excluding carboxylic acids is 2. The standard InChI is InChI=1S/C14H22N2O3S/c1-4-15-10(2)8-13(17)16-11(9-14(18)19-3)12-6-5-7-20-12/h5-7,10-11,15H,4,8-9H2,1-3H3,(H,16,17). The maximum absolute atomic E-state index is 12.0. The van der Waals surface area contributed by atoms with Crippen LogP contribution >= 0.6 is 11.3 Å². The zero-order valence-corrected chi connectivity index (χ0v) is 13.0. The Hall–Kier alpha value is -1.40. The third kappa shape index (κ3) is 5.71. The summed E-state index contributed by atoms with van der Waals surface area (Å²) in [6, 6.07) is 3.61. The summed E-state index contributed by atoms with van der Waals surface area (Å²) >= 11 is 1.52. The molecule has 1 rings (SSSR count). The van der Waals surface area contributed by atoms with Crippen LogP contribution in [0.4, 0.5) is 0 Å². The van der Waals surface area contributed by atoms with Crippen LogP contribution in [0.1, 0.15) is 37.6 Å². The molecule has 1 heterocycles. The minimum absolute atomic E-state index is 0.0687. The number of esters is 1. The average molecular weight is 298 g/mol. The molecule has 0 spiro atoms. The molecule has 0 aliphatic rings. The molecule has 0 bridgehead atoms. The van der Waals surface area contributed by atoms with E-state index < -0.39 is 0 Å². The molecule has 1 aromatic rings. The number of nitrogens with one attached hydrogen (secondary N) is 2. The molecule has 0 aliphatic heterocycles. The molecule has 0 aliphatic carbocycles. The van der Waals surface area contributed by atoms with Crippen molar-refractivity contribution in [2.24, 2.45) is 0 Å². The summed E-state index contributed by atoms with van der Waals surface area (Å²) in [6.07, 6.45) is 0.537. The van der Waals surface area contributed by atoms with E-state index in [-0.39, 0.29) is 30.4 Å². The van der Waals surface area contributed by atoms with Crippen molar-refractivity contribution in [2.75, 3.05) is 13.7 Å². The van der Waals surface area contributed by atoms with Crippen molar-refractivity contribution >= 4 is 23.2 Å². The Bertz CT molecular complexity index is 420. The Morgan fingerprint density at radius 1 is 1.40 bits per heavy atom. The highest BCUT2D eigenvalue weighted by molar-refractivity contribution is 7.10. The first-order valence-corrected chi connectivity index (χ1v) is 7.57. The molecular weight excluding hydrogens is 276 g/mol. The van der Waals surface area contributed by atoms with Gasteiger partial charge in [-0.2, -0.15) is 0 Å². The van der Waals surface area contributed by atoms with Gasteiger partial charge in [0, 0.05) is 17.3 Å². The van der Waals surface area contributed by atoms with Crippen molar-refractivity contribution in [3.63, 3.8) is 0 Å². The topological polar surface area (TPSA) is 67.4 Å². The lowest BCUT2D eigenvalue weighted by Gasteiger charge is -2.18. The van der Waals surface area contributed by atoms with Crippen LogP contribution in [-0.4, -0.2) is 31.6 Å². The Morgan fingerprint density at radius 3 is 2.70 bits per heavy atom. The molecule has 2 unspecified atom stereocenters. The quantitative estimate of drug-likeness (QED) is 0.719. The number of hydrogen-bond donors (Lipinski definition) is 2. The molecule has 0 aromatic carbocycles. The van der Waals surface area contributed by atoms with E-state index in [1.807, 2.05) is 31.4 Å². The smallest absolute Gasteiger partial charge is 0.307 e. The van der Waals surface area contributed by atoms with E-state index in [9.17, 15) is 9.59 Å². The van der Waals surface area contributed by atoms with Crippen LogP contribution in [0, 0.1) is 0 Å². The highest BCUT2D eigenvalue weighted by Crippen LogP contribution is 2.22. The molecular formula is C14H22N2O3S. The van der Waals surface area contributed by atoms with Gasteiger partial charge in [-0.1, -0.05) is 13.0 Å². The van der Waals surface area contributed by atoms with E-state index in [4.69, 9.17) is 0 Å². The van der Waals surface area contributed by atoms with E-state index in [1.54, 1.807) is 0 Å². The number of carbonyl (C=O) groups is 2. The second-order valence-corrected chi connectivity index (χ2v) is 5.56. The summed E-state index contributed by atoms with van der Waals surface area (Å²) in [5, 5.41) is 8.01. The molecule has 20 heavy (non-hydrogen) atoms. The lowest BCUT2D eigenvalue weighted by Crippen LogP contribution is -2.36. The van der Waals surface area contributed by atoms with Crippen LogP contribution < -0.4 is 10.6 Å². The Morgan fingerprint density at radius 2 is 2.15 bits per heavy atom. The maximum atomic E-state index is 12.0.